The highest BCUT2D eigenvalue weighted by Crippen LogP contribution is 2.35. The molecule has 0 bridgehead atoms. The molecule has 2 aromatic heterocycles. The summed E-state index contributed by atoms with van der Waals surface area (Å²) < 4.78 is 29.5. The third kappa shape index (κ3) is 3.58. The molecule has 0 radical (unpaired) electrons. The second-order valence-corrected chi connectivity index (χ2v) is 6.92. The van der Waals surface area contributed by atoms with Crippen molar-refractivity contribution in [1.29, 1.82) is 0 Å². The zero-order valence-corrected chi connectivity index (χ0v) is 14.4. The first-order valence-corrected chi connectivity index (χ1v) is 8.89. The largest absolute Gasteiger partial charge is 0.297 e. The van der Waals surface area contributed by atoms with Gasteiger partial charge in [-0.3, -0.25) is 10.00 Å². The summed E-state index contributed by atoms with van der Waals surface area (Å²) in [6.07, 6.45) is 4.52. The molecule has 3 aromatic rings. The molecule has 0 saturated carbocycles. The Morgan fingerprint density at radius 3 is 2.85 bits per heavy atom. The highest BCUT2D eigenvalue weighted by molar-refractivity contribution is 5.76. The van der Waals surface area contributed by atoms with Crippen LogP contribution in [-0.2, 0) is 12.8 Å². The lowest BCUT2D eigenvalue weighted by Gasteiger charge is -2.38. The molecule has 0 amide bonds. The number of aromatic nitrogens is 4. The van der Waals surface area contributed by atoms with E-state index in [0.717, 1.165) is 11.8 Å². The van der Waals surface area contributed by atoms with Crippen molar-refractivity contribution in [2.45, 2.75) is 25.2 Å². The van der Waals surface area contributed by atoms with Crippen molar-refractivity contribution in [2.75, 3.05) is 19.6 Å². The lowest BCUT2D eigenvalue weighted by atomic mass is 9.88. The molecule has 26 heavy (non-hydrogen) atoms. The van der Waals surface area contributed by atoms with Crippen LogP contribution >= 0.6 is 0 Å². The number of aromatic amines is 1. The average molecular weight is 357 g/mol. The van der Waals surface area contributed by atoms with Crippen LogP contribution in [0.5, 0.6) is 0 Å². The number of nitrogens with zero attached hydrogens (tertiary/aromatic N) is 4. The van der Waals surface area contributed by atoms with Gasteiger partial charge in [0, 0.05) is 12.5 Å². The van der Waals surface area contributed by atoms with Gasteiger partial charge in [0.1, 0.15) is 6.33 Å². The summed E-state index contributed by atoms with van der Waals surface area (Å²) in [5.41, 5.74) is 2.42. The van der Waals surface area contributed by atoms with E-state index in [1.807, 2.05) is 35.2 Å². The molecule has 7 heteroatoms. The fourth-order valence-corrected chi connectivity index (χ4v) is 3.64. The first-order chi connectivity index (χ1) is 12.6. The number of rotatable bonds is 5. The summed E-state index contributed by atoms with van der Waals surface area (Å²) in [6, 6.07) is 10.0. The molecule has 5 nitrogen and oxygen atoms in total. The van der Waals surface area contributed by atoms with Crippen LogP contribution in [0.25, 0.3) is 11.0 Å². The molecular weight excluding hydrogens is 336 g/mol. The highest BCUT2D eigenvalue weighted by Gasteiger charge is 2.44. The Bertz CT molecular complexity index is 865. The molecule has 4 rings (SSSR count). The minimum atomic E-state index is -2.73. The average Bonchev–Trinajstić information content (AvgIpc) is 3.12. The predicted octanol–water partition coefficient (Wildman–Crippen LogP) is 3.10. The van der Waals surface area contributed by atoms with Gasteiger partial charge in [0.15, 0.2) is 5.65 Å². The van der Waals surface area contributed by atoms with Crippen molar-refractivity contribution in [3.63, 3.8) is 0 Å². The van der Waals surface area contributed by atoms with Crippen molar-refractivity contribution in [3.05, 3.63) is 54.1 Å². The highest BCUT2D eigenvalue weighted by atomic mass is 19.3. The third-order valence-electron chi connectivity index (χ3n) is 5.16. The van der Waals surface area contributed by atoms with Gasteiger partial charge in [-0.2, -0.15) is 5.10 Å². The number of alkyl halides is 2. The third-order valence-corrected chi connectivity index (χ3v) is 5.16. The van der Waals surface area contributed by atoms with Gasteiger partial charge in [0.2, 0.25) is 0 Å². The Morgan fingerprint density at radius 1 is 1.19 bits per heavy atom. The summed E-state index contributed by atoms with van der Waals surface area (Å²) in [4.78, 5) is 10.2. The minimum absolute atomic E-state index is 0.190. The fraction of sp³-hybridized carbons (Fsp3) is 0.421. The van der Waals surface area contributed by atoms with E-state index >= 15 is 0 Å². The number of hydrogen-bond donors (Lipinski definition) is 1. The molecule has 1 unspecified atom stereocenters. The van der Waals surface area contributed by atoms with Gasteiger partial charge in [-0.15, -0.1) is 0 Å². The first kappa shape index (κ1) is 17.0. The van der Waals surface area contributed by atoms with E-state index in [1.165, 1.54) is 11.9 Å². The van der Waals surface area contributed by atoms with E-state index in [9.17, 15) is 8.78 Å². The number of benzene rings is 1. The van der Waals surface area contributed by atoms with E-state index in [2.05, 4.69) is 20.2 Å². The quantitative estimate of drug-likeness (QED) is 0.762. The predicted molar refractivity (Wildman–Crippen MR) is 95.0 cm³/mol. The summed E-state index contributed by atoms with van der Waals surface area (Å²) >= 11 is 0. The van der Waals surface area contributed by atoms with Gasteiger partial charge in [-0.25, -0.2) is 18.7 Å². The lowest BCUT2D eigenvalue weighted by Crippen LogP contribution is -2.49. The van der Waals surface area contributed by atoms with E-state index in [0.29, 0.717) is 30.9 Å². The van der Waals surface area contributed by atoms with Crippen molar-refractivity contribution in [2.24, 2.45) is 5.92 Å². The lowest BCUT2D eigenvalue weighted by molar-refractivity contribution is -0.110. The number of likely N-dealkylation sites (tertiary alicyclic amines) is 1. The molecule has 1 aliphatic rings. The van der Waals surface area contributed by atoms with E-state index in [4.69, 9.17) is 0 Å². The van der Waals surface area contributed by atoms with Gasteiger partial charge >= 0.3 is 0 Å². The number of halogens is 2. The summed E-state index contributed by atoms with van der Waals surface area (Å²) in [6.45, 7) is 1.16. The Labute approximate surface area is 150 Å². The van der Waals surface area contributed by atoms with Gasteiger partial charge in [0.25, 0.3) is 5.92 Å². The zero-order valence-electron chi connectivity index (χ0n) is 14.4. The van der Waals surface area contributed by atoms with Gasteiger partial charge in [-0.1, -0.05) is 30.3 Å². The summed E-state index contributed by atoms with van der Waals surface area (Å²) in [5.74, 6) is -3.43. The molecule has 136 valence electrons. The monoisotopic (exact) mass is 357 g/mol. The van der Waals surface area contributed by atoms with Crippen LogP contribution in [0.3, 0.4) is 0 Å². The molecular formula is C19H21F2N5. The molecule has 1 saturated heterocycles. The van der Waals surface area contributed by atoms with E-state index < -0.39 is 11.8 Å². The minimum Gasteiger partial charge on any atom is -0.297 e. The number of piperidine rings is 1. The maximum atomic E-state index is 14.7. The topological polar surface area (TPSA) is 57.7 Å². The Hall–Kier alpha value is -2.41. The molecule has 1 fully saturated rings. The van der Waals surface area contributed by atoms with Crippen LogP contribution in [0.4, 0.5) is 8.78 Å². The van der Waals surface area contributed by atoms with Crippen LogP contribution in [0.2, 0.25) is 0 Å². The molecule has 1 aliphatic heterocycles. The SMILES string of the molecule is FC1(F)CN(CCc2ccccc2)CCC1Cc1ncnc2[nH]ncc12. The molecule has 1 aromatic carbocycles. The van der Waals surface area contributed by atoms with E-state index in [-0.39, 0.29) is 13.0 Å². The normalized spacial score (nSPS) is 20.5. The first-order valence-electron chi connectivity index (χ1n) is 8.89. The Morgan fingerprint density at radius 2 is 2.04 bits per heavy atom. The molecule has 0 aliphatic carbocycles. The molecule has 1 atom stereocenters. The van der Waals surface area contributed by atoms with Crippen molar-refractivity contribution in [3.8, 4) is 0 Å². The smallest absolute Gasteiger partial charge is 0.263 e. The molecule has 0 spiro atoms. The van der Waals surface area contributed by atoms with Crippen molar-refractivity contribution < 1.29 is 8.78 Å². The number of hydrogen-bond acceptors (Lipinski definition) is 4. The van der Waals surface area contributed by atoms with Crippen LogP contribution in [0.15, 0.2) is 42.9 Å². The maximum absolute atomic E-state index is 14.7. The van der Waals surface area contributed by atoms with E-state index in [1.54, 1.807) is 6.20 Å². The van der Waals surface area contributed by atoms with Crippen LogP contribution in [0, 0.1) is 5.92 Å². The second-order valence-electron chi connectivity index (χ2n) is 6.92. The summed E-state index contributed by atoms with van der Waals surface area (Å²) in [7, 11) is 0. The van der Waals surface area contributed by atoms with Crippen LogP contribution in [0.1, 0.15) is 17.7 Å². The zero-order chi connectivity index (χ0) is 18.0. The van der Waals surface area contributed by atoms with Gasteiger partial charge in [-0.05, 0) is 31.4 Å². The summed E-state index contributed by atoms with van der Waals surface area (Å²) in [5, 5.41) is 7.43. The second kappa shape index (κ2) is 7.07. The van der Waals surface area contributed by atoms with Crippen LogP contribution < -0.4 is 0 Å². The van der Waals surface area contributed by atoms with Gasteiger partial charge in [0.05, 0.1) is 23.8 Å². The number of nitrogens with one attached hydrogen (secondary N) is 1. The standard InChI is InChI=1S/C19H21F2N5/c20-19(21)12-26(8-6-14-4-2-1-3-5-14)9-7-15(19)10-17-16-11-24-25-18(16)23-13-22-17/h1-5,11,13,15H,6-10,12H2,(H,22,23,24,25). The Kier molecular flexibility index (Phi) is 4.63. The van der Waals surface area contributed by atoms with Gasteiger partial charge < -0.3 is 0 Å². The maximum Gasteiger partial charge on any atom is 0.263 e. The van der Waals surface area contributed by atoms with Crippen molar-refractivity contribution >= 4 is 11.0 Å². The van der Waals surface area contributed by atoms with Crippen molar-refractivity contribution in [1.82, 2.24) is 25.1 Å². The molecule has 1 N–H and O–H groups in total. The Balaban J connectivity index is 1.40. The molecule has 3 heterocycles. The fourth-order valence-electron chi connectivity index (χ4n) is 3.64. The number of fused-ring (bicyclic) bond motifs is 1. The van der Waals surface area contributed by atoms with Crippen LogP contribution in [-0.4, -0.2) is 50.6 Å². The number of H-pyrrole nitrogens is 1.